The first-order chi connectivity index (χ1) is 14.6. The number of fused-ring (bicyclic) bond motifs is 2. The van der Waals surface area contributed by atoms with E-state index < -0.39 is 0 Å². The molecule has 8 heteroatoms. The number of carbonyl (C=O) groups is 2. The van der Waals surface area contributed by atoms with Gasteiger partial charge in [-0.15, -0.1) is 11.8 Å². The fourth-order valence-corrected chi connectivity index (χ4v) is 4.86. The van der Waals surface area contributed by atoms with Gasteiger partial charge in [-0.1, -0.05) is 6.07 Å². The van der Waals surface area contributed by atoms with Crippen molar-refractivity contribution in [1.29, 1.82) is 0 Å². The van der Waals surface area contributed by atoms with Gasteiger partial charge in [-0.25, -0.2) is 4.98 Å². The lowest BCUT2D eigenvalue weighted by atomic mass is 10.1. The molecule has 0 radical (unpaired) electrons. The first kappa shape index (κ1) is 19.1. The molecule has 3 aromatic rings. The normalized spacial score (nSPS) is 19.6. The molecule has 2 aliphatic rings. The summed E-state index contributed by atoms with van der Waals surface area (Å²) in [6.07, 6.45) is 4.07. The number of anilines is 1. The van der Waals surface area contributed by atoms with Crippen LogP contribution in [-0.2, 0) is 11.3 Å². The lowest BCUT2D eigenvalue weighted by Gasteiger charge is -2.34. The predicted octanol–water partition coefficient (Wildman–Crippen LogP) is 2.73. The molecule has 1 saturated heterocycles. The van der Waals surface area contributed by atoms with Gasteiger partial charge in [0.2, 0.25) is 5.91 Å². The number of nitrogens with one attached hydrogen (secondary N) is 1. The largest absolute Gasteiger partial charge is 0.336 e. The number of rotatable bonds is 3. The zero-order valence-corrected chi connectivity index (χ0v) is 17.6. The number of thioether (sulfide) groups is 1. The molecule has 0 saturated carbocycles. The van der Waals surface area contributed by atoms with Crippen molar-refractivity contribution in [3.8, 4) is 0 Å². The van der Waals surface area contributed by atoms with E-state index in [2.05, 4.69) is 21.4 Å². The van der Waals surface area contributed by atoms with Gasteiger partial charge in [0.15, 0.2) is 0 Å². The molecule has 0 spiro atoms. The van der Waals surface area contributed by atoms with Crippen molar-refractivity contribution < 1.29 is 9.59 Å². The summed E-state index contributed by atoms with van der Waals surface area (Å²) < 4.78 is 2.03. The van der Waals surface area contributed by atoms with Gasteiger partial charge >= 0.3 is 0 Å². The highest BCUT2D eigenvalue weighted by atomic mass is 32.2. The number of carbonyl (C=O) groups excluding carboxylic acids is 2. The van der Waals surface area contributed by atoms with Gasteiger partial charge in [0.05, 0.1) is 16.6 Å². The number of pyridine rings is 1. The Kier molecular flexibility index (Phi) is 4.96. The average Bonchev–Trinajstić information content (AvgIpc) is 3.16. The van der Waals surface area contributed by atoms with Crippen LogP contribution in [0, 0.1) is 0 Å². The number of piperazine rings is 1. The van der Waals surface area contributed by atoms with Crippen LogP contribution in [0.2, 0.25) is 0 Å². The zero-order valence-electron chi connectivity index (χ0n) is 16.7. The number of imidazole rings is 1. The van der Waals surface area contributed by atoms with Gasteiger partial charge in [0.25, 0.3) is 5.91 Å². The monoisotopic (exact) mass is 421 g/mol. The molecule has 154 valence electrons. The summed E-state index contributed by atoms with van der Waals surface area (Å²) in [7, 11) is 0. The lowest BCUT2D eigenvalue weighted by molar-refractivity contribution is -0.115. The fourth-order valence-electron chi connectivity index (χ4n) is 3.93. The summed E-state index contributed by atoms with van der Waals surface area (Å²) in [5, 5.41) is 2.79. The molecule has 1 N–H and O–H groups in total. The van der Waals surface area contributed by atoms with E-state index in [1.165, 1.54) is 11.8 Å². The third-order valence-electron chi connectivity index (χ3n) is 5.62. The van der Waals surface area contributed by atoms with Gasteiger partial charge < -0.3 is 14.6 Å². The zero-order chi connectivity index (χ0) is 20.7. The maximum absolute atomic E-state index is 13.0. The number of benzene rings is 1. The highest BCUT2D eigenvalue weighted by Crippen LogP contribution is 2.36. The molecule has 0 aliphatic carbocycles. The predicted molar refractivity (Wildman–Crippen MR) is 117 cm³/mol. The number of hydrogen-bond donors (Lipinski definition) is 1. The van der Waals surface area contributed by atoms with Crippen molar-refractivity contribution in [2.45, 2.75) is 23.6 Å². The van der Waals surface area contributed by atoms with Crippen molar-refractivity contribution in [1.82, 2.24) is 19.2 Å². The Morgan fingerprint density at radius 2 is 2.03 bits per heavy atom. The van der Waals surface area contributed by atoms with E-state index in [9.17, 15) is 9.59 Å². The third-order valence-corrected chi connectivity index (χ3v) is 6.79. The molecular formula is C22H23N5O2S. The Morgan fingerprint density at radius 3 is 2.83 bits per heavy atom. The van der Waals surface area contributed by atoms with E-state index in [0.29, 0.717) is 18.7 Å². The second kappa shape index (κ2) is 7.77. The van der Waals surface area contributed by atoms with E-state index >= 15 is 0 Å². The molecule has 5 rings (SSSR count). The van der Waals surface area contributed by atoms with Gasteiger partial charge in [-0.3, -0.25) is 14.5 Å². The lowest BCUT2D eigenvalue weighted by Crippen LogP contribution is -2.48. The van der Waals surface area contributed by atoms with Crippen LogP contribution >= 0.6 is 11.8 Å². The first-order valence-corrected chi connectivity index (χ1v) is 11.0. The van der Waals surface area contributed by atoms with Crippen molar-refractivity contribution >= 4 is 34.9 Å². The maximum Gasteiger partial charge on any atom is 0.254 e. The van der Waals surface area contributed by atoms with E-state index in [0.717, 1.165) is 41.6 Å². The standard InChI is InChI=1S/C22H23N5O2S/c1-15-21(28)24-18-12-16(5-6-19(18)30-15)22(29)26-10-8-25(9-11-26)13-17-14-27-7-3-2-4-20(27)23-17/h2-7,12,14-15H,8-11,13H2,1H3,(H,24,28). The molecule has 2 amide bonds. The Bertz CT molecular complexity index is 1090. The highest BCUT2D eigenvalue weighted by molar-refractivity contribution is 8.00. The number of aromatic nitrogens is 2. The van der Waals surface area contributed by atoms with Crippen LogP contribution in [0.15, 0.2) is 53.7 Å². The summed E-state index contributed by atoms with van der Waals surface area (Å²) in [4.78, 5) is 34.8. The molecule has 1 atom stereocenters. The summed E-state index contributed by atoms with van der Waals surface area (Å²) in [6, 6.07) is 11.6. The van der Waals surface area contributed by atoms with Crippen LogP contribution in [-0.4, -0.2) is 62.4 Å². The SMILES string of the molecule is CC1Sc2ccc(C(=O)N3CCN(Cc4cn5ccccc5n4)CC3)cc2NC1=O. The van der Waals surface area contributed by atoms with E-state index in [-0.39, 0.29) is 17.1 Å². The van der Waals surface area contributed by atoms with Crippen LogP contribution in [0.25, 0.3) is 5.65 Å². The van der Waals surface area contributed by atoms with Gasteiger partial charge in [-0.2, -0.15) is 0 Å². The smallest absolute Gasteiger partial charge is 0.254 e. The second-order valence-electron chi connectivity index (χ2n) is 7.73. The van der Waals surface area contributed by atoms with Crippen molar-refractivity contribution in [3.63, 3.8) is 0 Å². The number of nitrogens with zero attached hydrogens (tertiary/aromatic N) is 4. The molecule has 1 unspecified atom stereocenters. The third kappa shape index (κ3) is 3.68. The molecule has 2 aliphatic heterocycles. The minimum absolute atomic E-state index is 0.0161. The van der Waals surface area contributed by atoms with Crippen LogP contribution in [0.5, 0.6) is 0 Å². The van der Waals surface area contributed by atoms with Gasteiger partial charge in [0.1, 0.15) is 5.65 Å². The number of amides is 2. The van der Waals surface area contributed by atoms with Crippen molar-refractivity contribution in [2.24, 2.45) is 0 Å². The Balaban J connectivity index is 1.21. The van der Waals surface area contributed by atoms with E-state index in [4.69, 9.17) is 0 Å². The maximum atomic E-state index is 13.0. The number of hydrogen-bond acceptors (Lipinski definition) is 5. The van der Waals surface area contributed by atoms with Crippen LogP contribution in [0.4, 0.5) is 5.69 Å². The molecular weight excluding hydrogens is 398 g/mol. The molecule has 1 aromatic carbocycles. The summed E-state index contributed by atoms with van der Waals surface area (Å²) in [6.45, 7) is 5.66. The summed E-state index contributed by atoms with van der Waals surface area (Å²) in [5.41, 5.74) is 3.35. The van der Waals surface area contributed by atoms with Crippen LogP contribution in [0.3, 0.4) is 0 Å². The van der Waals surface area contributed by atoms with E-state index in [1.807, 2.05) is 52.8 Å². The quantitative estimate of drug-likeness (QED) is 0.704. The van der Waals surface area contributed by atoms with Gasteiger partial charge in [-0.05, 0) is 37.3 Å². The van der Waals surface area contributed by atoms with Crippen molar-refractivity contribution in [3.05, 3.63) is 60.0 Å². The average molecular weight is 422 g/mol. The van der Waals surface area contributed by atoms with Crippen molar-refractivity contribution in [2.75, 3.05) is 31.5 Å². The molecule has 2 aromatic heterocycles. The summed E-state index contributed by atoms with van der Waals surface area (Å²) >= 11 is 1.53. The molecule has 4 heterocycles. The Morgan fingerprint density at radius 1 is 1.20 bits per heavy atom. The van der Waals surface area contributed by atoms with Crippen LogP contribution in [0.1, 0.15) is 23.0 Å². The Labute approximate surface area is 179 Å². The molecule has 30 heavy (non-hydrogen) atoms. The highest BCUT2D eigenvalue weighted by Gasteiger charge is 2.26. The molecule has 0 bridgehead atoms. The Hall–Kier alpha value is -2.84. The second-order valence-corrected chi connectivity index (χ2v) is 9.11. The molecule has 1 fully saturated rings. The van der Waals surface area contributed by atoms with E-state index in [1.54, 1.807) is 6.07 Å². The minimum atomic E-state index is -0.111. The summed E-state index contributed by atoms with van der Waals surface area (Å²) in [5.74, 6) is 0.000657. The fraction of sp³-hybridized carbons (Fsp3) is 0.318. The molecule has 7 nitrogen and oxygen atoms in total. The first-order valence-electron chi connectivity index (χ1n) is 10.1. The minimum Gasteiger partial charge on any atom is -0.336 e. The van der Waals surface area contributed by atoms with Crippen LogP contribution < -0.4 is 5.32 Å². The van der Waals surface area contributed by atoms with Gasteiger partial charge in [0, 0.05) is 55.6 Å². The topological polar surface area (TPSA) is 70.0 Å².